The van der Waals surface area contributed by atoms with Crippen LogP contribution in [0.4, 0.5) is 0 Å². The van der Waals surface area contributed by atoms with Crippen LogP contribution >= 0.6 is 0 Å². The number of hydrogen-bond donors (Lipinski definition) is 3. The summed E-state index contributed by atoms with van der Waals surface area (Å²) < 4.78 is 5.78. The van der Waals surface area contributed by atoms with Crippen LogP contribution in [0.15, 0.2) is 72.9 Å². The molecule has 3 unspecified atom stereocenters. The molecule has 0 saturated carbocycles. The molecule has 3 atom stereocenters. The third-order valence-corrected chi connectivity index (χ3v) is 9.75. The van der Waals surface area contributed by atoms with Gasteiger partial charge in [-0.2, -0.15) is 0 Å². The highest BCUT2D eigenvalue weighted by Crippen LogP contribution is 2.15. The van der Waals surface area contributed by atoms with Gasteiger partial charge < -0.3 is 20.3 Å². The number of rotatable bonds is 39. The summed E-state index contributed by atoms with van der Waals surface area (Å²) in [5.41, 5.74) is 0. The standard InChI is InChI=1S/C49H85NO5/c1-4-7-10-13-16-19-22-24-25-26-28-31-34-37-40-45(55-49(54)42-39-36-33-30-21-18-15-12-9-6-3)43-48(53)50-46(44-51)47(52)41-38-35-32-29-27-23-20-17-14-11-8-5-2/h7,10,12,15-16,19,24-25,28,31,37,40,45-47,51-52H,4-6,8-9,11,13-14,17-18,20-23,26-27,29-30,32-36,38-39,41-44H2,1-3H3,(H,50,53)/b10-7+,15-12-,19-16+,25-24+,31-28+,40-37+. The summed E-state index contributed by atoms with van der Waals surface area (Å²) in [4.78, 5) is 25.9. The van der Waals surface area contributed by atoms with Crippen molar-refractivity contribution in [3.8, 4) is 0 Å². The first-order chi connectivity index (χ1) is 27.0. The molecule has 0 aromatic carbocycles. The average Bonchev–Trinajstić information content (AvgIpc) is 3.18. The van der Waals surface area contributed by atoms with Crippen molar-refractivity contribution in [2.24, 2.45) is 0 Å². The Morgan fingerprint density at radius 1 is 0.564 bits per heavy atom. The monoisotopic (exact) mass is 768 g/mol. The fourth-order valence-corrected chi connectivity index (χ4v) is 6.33. The Morgan fingerprint density at radius 2 is 1.05 bits per heavy atom. The Hall–Kier alpha value is -2.70. The molecule has 0 rings (SSSR count). The van der Waals surface area contributed by atoms with Gasteiger partial charge in [0.1, 0.15) is 6.10 Å². The number of aliphatic hydroxyl groups excluding tert-OH is 2. The molecular weight excluding hydrogens is 683 g/mol. The van der Waals surface area contributed by atoms with Crippen LogP contribution in [0, 0.1) is 0 Å². The van der Waals surface area contributed by atoms with E-state index in [0.717, 1.165) is 83.5 Å². The lowest BCUT2D eigenvalue weighted by Gasteiger charge is -2.23. The fourth-order valence-electron chi connectivity index (χ4n) is 6.33. The number of amides is 1. The molecule has 0 aliphatic carbocycles. The molecule has 0 bridgehead atoms. The van der Waals surface area contributed by atoms with Gasteiger partial charge in [0, 0.05) is 6.42 Å². The number of carbonyl (C=O) groups excluding carboxylic acids is 2. The first kappa shape index (κ1) is 52.3. The lowest BCUT2D eigenvalue weighted by molar-refractivity contribution is -0.148. The van der Waals surface area contributed by atoms with Gasteiger partial charge in [0.2, 0.25) is 5.91 Å². The molecule has 3 N–H and O–H groups in total. The second-order valence-corrected chi connectivity index (χ2v) is 15.1. The second-order valence-electron chi connectivity index (χ2n) is 15.1. The number of nitrogens with one attached hydrogen (secondary N) is 1. The molecular formula is C49H85NO5. The molecule has 0 aromatic rings. The minimum Gasteiger partial charge on any atom is -0.458 e. The average molecular weight is 768 g/mol. The maximum Gasteiger partial charge on any atom is 0.306 e. The van der Waals surface area contributed by atoms with Crippen LogP contribution in [-0.2, 0) is 14.3 Å². The number of esters is 1. The predicted octanol–water partition coefficient (Wildman–Crippen LogP) is 13.1. The fraction of sp³-hybridized carbons (Fsp3) is 0.714. The van der Waals surface area contributed by atoms with Crippen molar-refractivity contribution in [3.05, 3.63) is 72.9 Å². The maximum absolute atomic E-state index is 13.1. The van der Waals surface area contributed by atoms with Crippen molar-refractivity contribution < 1.29 is 24.5 Å². The van der Waals surface area contributed by atoms with Crippen LogP contribution in [0.25, 0.3) is 0 Å². The summed E-state index contributed by atoms with van der Waals surface area (Å²) in [5, 5.41) is 23.6. The molecule has 0 aliphatic rings. The van der Waals surface area contributed by atoms with Gasteiger partial charge in [-0.1, -0.05) is 190 Å². The van der Waals surface area contributed by atoms with E-state index >= 15 is 0 Å². The van der Waals surface area contributed by atoms with E-state index in [1.54, 1.807) is 6.08 Å². The van der Waals surface area contributed by atoms with E-state index in [2.05, 4.69) is 86.8 Å². The topological polar surface area (TPSA) is 95.9 Å². The van der Waals surface area contributed by atoms with Crippen molar-refractivity contribution in [2.75, 3.05) is 6.61 Å². The largest absolute Gasteiger partial charge is 0.458 e. The van der Waals surface area contributed by atoms with E-state index in [-0.39, 0.29) is 24.9 Å². The van der Waals surface area contributed by atoms with E-state index in [4.69, 9.17) is 4.74 Å². The lowest BCUT2D eigenvalue weighted by Crippen LogP contribution is -2.46. The highest BCUT2D eigenvalue weighted by atomic mass is 16.5. The molecule has 0 aliphatic heterocycles. The Balaban J connectivity index is 4.78. The van der Waals surface area contributed by atoms with Crippen molar-refractivity contribution in [1.29, 1.82) is 0 Å². The normalized spacial score (nSPS) is 14.1. The van der Waals surface area contributed by atoms with Gasteiger partial charge in [0.05, 0.1) is 25.2 Å². The smallest absolute Gasteiger partial charge is 0.306 e. The quantitative estimate of drug-likeness (QED) is 0.0329. The first-order valence-corrected chi connectivity index (χ1v) is 22.7. The number of aliphatic hydroxyl groups is 2. The SMILES string of the molecule is CC/C=C/C/C=C/C/C=C/C/C=C/C/C=C/C(CC(=O)NC(CO)C(O)CCCCCCCCCCCCCC)OC(=O)CCCCCCC/C=C\CCC. The van der Waals surface area contributed by atoms with Gasteiger partial charge >= 0.3 is 5.97 Å². The highest BCUT2D eigenvalue weighted by Gasteiger charge is 2.23. The maximum atomic E-state index is 13.1. The van der Waals surface area contributed by atoms with E-state index < -0.39 is 18.2 Å². The van der Waals surface area contributed by atoms with Crippen LogP contribution < -0.4 is 5.32 Å². The van der Waals surface area contributed by atoms with E-state index in [0.29, 0.717) is 19.3 Å². The van der Waals surface area contributed by atoms with Crippen LogP contribution in [0.5, 0.6) is 0 Å². The summed E-state index contributed by atoms with van der Waals surface area (Å²) in [5.74, 6) is -0.647. The minimum absolute atomic E-state index is 0.0518. The van der Waals surface area contributed by atoms with Crippen molar-refractivity contribution in [2.45, 2.75) is 219 Å². The van der Waals surface area contributed by atoms with Gasteiger partial charge in [0.25, 0.3) is 0 Å². The van der Waals surface area contributed by atoms with Crippen molar-refractivity contribution in [3.63, 3.8) is 0 Å². The highest BCUT2D eigenvalue weighted by molar-refractivity contribution is 5.78. The minimum atomic E-state index is -0.820. The summed E-state index contributed by atoms with van der Waals surface area (Å²) in [6.45, 7) is 6.24. The Kier molecular flexibility index (Phi) is 40.4. The van der Waals surface area contributed by atoms with Gasteiger partial charge in [0.15, 0.2) is 0 Å². The third kappa shape index (κ3) is 38.0. The van der Waals surface area contributed by atoms with E-state index in [1.807, 2.05) is 6.08 Å². The van der Waals surface area contributed by atoms with Crippen molar-refractivity contribution >= 4 is 11.9 Å². The Bertz CT molecular complexity index is 1040. The molecule has 0 heterocycles. The van der Waals surface area contributed by atoms with Gasteiger partial charge in [-0.05, 0) is 70.3 Å². The van der Waals surface area contributed by atoms with Gasteiger partial charge in [-0.25, -0.2) is 0 Å². The molecule has 55 heavy (non-hydrogen) atoms. The predicted molar refractivity (Wildman–Crippen MR) is 236 cm³/mol. The zero-order valence-corrected chi connectivity index (χ0v) is 35.8. The van der Waals surface area contributed by atoms with Crippen LogP contribution in [0.2, 0.25) is 0 Å². The van der Waals surface area contributed by atoms with E-state index in [1.165, 1.54) is 70.6 Å². The summed E-state index contributed by atoms with van der Waals surface area (Å²) in [6, 6.07) is -0.743. The summed E-state index contributed by atoms with van der Waals surface area (Å²) in [6.07, 6.45) is 52.8. The molecule has 0 spiro atoms. The van der Waals surface area contributed by atoms with Crippen LogP contribution in [0.3, 0.4) is 0 Å². The molecule has 316 valence electrons. The molecule has 0 radical (unpaired) electrons. The molecule has 0 saturated heterocycles. The van der Waals surface area contributed by atoms with Crippen LogP contribution in [-0.4, -0.2) is 46.9 Å². The third-order valence-electron chi connectivity index (χ3n) is 9.75. The lowest BCUT2D eigenvalue weighted by atomic mass is 10.0. The van der Waals surface area contributed by atoms with Gasteiger partial charge in [-0.15, -0.1) is 0 Å². The number of carbonyl (C=O) groups is 2. The molecule has 0 fully saturated rings. The first-order valence-electron chi connectivity index (χ1n) is 22.7. The summed E-state index contributed by atoms with van der Waals surface area (Å²) in [7, 11) is 0. The van der Waals surface area contributed by atoms with Gasteiger partial charge in [-0.3, -0.25) is 9.59 Å². The van der Waals surface area contributed by atoms with E-state index in [9.17, 15) is 19.8 Å². The Labute approximate surface area is 339 Å². The number of hydrogen-bond acceptors (Lipinski definition) is 5. The zero-order chi connectivity index (χ0) is 40.3. The molecule has 6 heteroatoms. The number of allylic oxidation sites excluding steroid dienone is 11. The molecule has 1 amide bonds. The summed E-state index contributed by atoms with van der Waals surface area (Å²) >= 11 is 0. The Morgan fingerprint density at radius 3 is 1.60 bits per heavy atom. The van der Waals surface area contributed by atoms with Crippen LogP contribution in [0.1, 0.15) is 201 Å². The molecule has 0 aromatic heterocycles. The zero-order valence-electron chi connectivity index (χ0n) is 35.8. The number of ether oxygens (including phenoxy) is 1. The second kappa shape index (κ2) is 42.4. The van der Waals surface area contributed by atoms with Crippen molar-refractivity contribution in [1.82, 2.24) is 5.32 Å². The molecule has 6 nitrogen and oxygen atoms in total. The number of unbranched alkanes of at least 4 members (excludes halogenated alkanes) is 17.